The van der Waals surface area contributed by atoms with E-state index < -0.39 is 17.6 Å². The third-order valence-corrected chi connectivity index (χ3v) is 3.89. The van der Waals surface area contributed by atoms with Crippen LogP contribution in [0.25, 0.3) is 0 Å². The molecule has 6 nitrogen and oxygen atoms in total. The van der Waals surface area contributed by atoms with Crippen molar-refractivity contribution < 1.29 is 32.2 Å². The minimum Gasteiger partial charge on any atom is -0.497 e. The first-order valence-electron chi connectivity index (χ1n) is 8.88. The van der Waals surface area contributed by atoms with E-state index in [4.69, 9.17) is 14.2 Å². The number of hydrogen-bond acceptors (Lipinski definition) is 5. The Morgan fingerprint density at radius 1 is 1.00 bits per heavy atom. The first-order valence-corrected chi connectivity index (χ1v) is 8.88. The highest BCUT2D eigenvalue weighted by Gasteiger charge is 2.31. The van der Waals surface area contributed by atoms with Gasteiger partial charge >= 0.3 is 6.18 Å². The van der Waals surface area contributed by atoms with Crippen molar-refractivity contribution in [2.75, 3.05) is 38.0 Å². The second-order valence-corrected chi connectivity index (χ2v) is 6.03. The molecule has 0 saturated heterocycles. The van der Waals surface area contributed by atoms with Gasteiger partial charge in [-0.25, -0.2) is 0 Å². The number of ether oxygens (including phenoxy) is 3. The second kappa shape index (κ2) is 9.90. The predicted octanol–water partition coefficient (Wildman–Crippen LogP) is 4.56. The topological polar surface area (TPSA) is 68.8 Å². The van der Waals surface area contributed by atoms with Crippen LogP contribution in [-0.4, -0.2) is 33.3 Å². The summed E-state index contributed by atoms with van der Waals surface area (Å²) in [6, 6.07) is 7.97. The zero-order chi connectivity index (χ0) is 21.4. The average molecular weight is 412 g/mol. The molecular formula is C20H23F3N2O4. The van der Waals surface area contributed by atoms with Gasteiger partial charge in [0.15, 0.2) is 0 Å². The smallest absolute Gasteiger partial charge is 0.416 e. The van der Waals surface area contributed by atoms with E-state index in [0.717, 1.165) is 12.1 Å². The number of carbonyl (C=O) groups is 1. The van der Waals surface area contributed by atoms with E-state index >= 15 is 0 Å². The Balaban J connectivity index is 2.12. The predicted molar refractivity (Wildman–Crippen MR) is 104 cm³/mol. The molecule has 0 fully saturated rings. The Morgan fingerprint density at radius 2 is 1.76 bits per heavy atom. The van der Waals surface area contributed by atoms with Crippen LogP contribution in [0, 0.1) is 0 Å². The molecular weight excluding hydrogens is 389 g/mol. The monoisotopic (exact) mass is 412 g/mol. The molecule has 0 aliphatic rings. The Hall–Kier alpha value is -3.10. The van der Waals surface area contributed by atoms with Crippen LogP contribution < -0.4 is 24.8 Å². The fraction of sp³-hybridized carbons (Fsp3) is 0.350. The van der Waals surface area contributed by atoms with Gasteiger partial charge in [0.05, 0.1) is 44.3 Å². The highest BCUT2D eigenvalue weighted by molar-refractivity contribution is 5.95. The molecule has 0 atom stereocenters. The van der Waals surface area contributed by atoms with Crippen LogP contribution in [0.15, 0.2) is 36.4 Å². The molecule has 0 radical (unpaired) electrons. The van der Waals surface area contributed by atoms with Gasteiger partial charge in [-0.1, -0.05) is 6.92 Å². The standard InChI is InChI=1S/C20H23F3N2O4/c1-4-9-29-17-8-5-13(20(21,22)23)10-16(17)24-12-19(26)25-15-7-6-14(27-2)11-18(15)28-3/h5-8,10-11,24H,4,9,12H2,1-3H3,(H,25,26). The van der Waals surface area contributed by atoms with Crippen LogP contribution in [0.2, 0.25) is 0 Å². The van der Waals surface area contributed by atoms with E-state index in [1.54, 1.807) is 18.2 Å². The fourth-order valence-electron chi connectivity index (χ4n) is 2.45. The van der Waals surface area contributed by atoms with Gasteiger partial charge in [0.2, 0.25) is 5.91 Å². The Morgan fingerprint density at radius 3 is 2.38 bits per heavy atom. The van der Waals surface area contributed by atoms with Crippen molar-refractivity contribution in [1.82, 2.24) is 0 Å². The largest absolute Gasteiger partial charge is 0.497 e. The van der Waals surface area contributed by atoms with Crippen LogP contribution in [0.4, 0.5) is 24.5 Å². The van der Waals surface area contributed by atoms with E-state index in [-0.39, 0.29) is 18.0 Å². The van der Waals surface area contributed by atoms with Crippen LogP contribution in [0.5, 0.6) is 17.2 Å². The molecule has 0 unspecified atom stereocenters. The van der Waals surface area contributed by atoms with E-state index in [2.05, 4.69) is 10.6 Å². The van der Waals surface area contributed by atoms with Gasteiger partial charge in [-0.2, -0.15) is 13.2 Å². The summed E-state index contributed by atoms with van der Waals surface area (Å²) < 4.78 is 54.8. The molecule has 1 amide bonds. The molecule has 2 aromatic rings. The maximum atomic E-state index is 13.0. The van der Waals surface area contributed by atoms with Gasteiger partial charge in [0.25, 0.3) is 0 Å². The maximum Gasteiger partial charge on any atom is 0.416 e. The van der Waals surface area contributed by atoms with Crippen LogP contribution in [0.1, 0.15) is 18.9 Å². The zero-order valence-electron chi connectivity index (χ0n) is 16.4. The third kappa shape index (κ3) is 6.20. The number of methoxy groups -OCH3 is 2. The summed E-state index contributed by atoms with van der Waals surface area (Å²) in [5.41, 5.74) is -0.335. The number of rotatable bonds is 9. The third-order valence-electron chi connectivity index (χ3n) is 3.89. The summed E-state index contributed by atoms with van der Waals surface area (Å²) in [5, 5.41) is 5.36. The summed E-state index contributed by atoms with van der Waals surface area (Å²) >= 11 is 0. The first-order chi connectivity index (χ1) is 13.8. The quantitative estimate of drug-likeness (QED) is 0.632. The van der Waals surface area contributed by atoms with Crippen molar-refractivity contribution in [1.29, 1.82) is 0 Å². The van der Waals surface area contributed by atoms with Crippen molar-refractivity contribution in [2.24, 2.45) is 0 Å². The van der Waals surface area contributed by atoms with Gasteiger partial charge in [0.1, 0.15) is 17.2 Å². The van der Waals surface area contributed by atoms with E-state index in [9.17, 15) is 18.0 Å². The molecule has 0 aliphatic heterocycles. The van der Waals surface area contributed by atoms with Crippen LogP contribution in [-0.2, 0) is 11.0 Å². The molecule has 0 aromatic heterocycles. The molecule has 158 valence electrons. The normalized spacial score (nSPS) is 11.0. The van der Waals surface area contributed by atoms with Gasteiger partial charge in [-0.15, -0.1) is 0 Å². The zero-order valence-corrected chi connectivity index (χ0v) is 16.4. The number of anilines is 2. The molecule has 2 N–H and O–H groups in total. The molecule has 0 bridgehead atoms. The Labute approximate surface area is 167 Å². The molecule has 9 heteroatoms. The number of amides is 1. The van der Waals surface area contributed by atoms with Crippen molar-refractivity contribution in [3.05, 3.63) is 42.0 Å². The average Bonchev–Trinajstić information content (AvgIpc) is 2.70. The fourth-order valence-corrected chi connectivity index (χ4v) is 2.45. The molecule has 0 aliphatic carbocycles. The summed E-state index contributed by atoms with van der Waals surface area (Å²) in [7, 11) is 2.95. The van der Waals surface area contributed by atoms with E-state index in [1.807, 2.05) is 6.92 Å². The first kappa shape index (κ1) is 22.2. The maximum absolute atomic E-state index is 13.0. The lowest BCUT2D eigenvalue weighted by Gasteiger charge is -2.16. The van der Waals surface area contributed by atoms with Crippen molar-refractivity contribution in [3.63, 3.8) is 0 Å². The van der Waals surface area contributed by atoms with Gasteiger partial charge in [-0.05, 0) is 36.8 Å². The SMILES string of the molecule is CCCOc1ccc(C(F)(F)F)cc1NCC(=O)Nc1ccc(OC)cc1OC. The molecule has 29 heavy (non-hydrogen) atoms. The number of nitrogens with one attached hydrogen (secondary N) is 2. The lowest BCUT2D eigenvalue weighted by atomic mass is 10.1. The summed E-state index contributed by atoms with van der Waals surface area (Å²) in [6.45, 7) is 1.96. The number of halogens is 3. The van der Waals surface area contributed by atoms with Crippen molar-refractivity contribution in [2.45, 2.75) is 19.5 Å². The van der Waals surface area contributed by atoms with Gasteiger partial charge in [-0.3, -0.25) is 4.79 Å². The van der Waals surface area contributed by atoms with Gasteiger partial charge in [0, 0.05) is 6.07 Å². The van der Waals surface area contributed by atoms with Crippen LogP contribution >= 0.6 is 0 Å². The number of benzene rings is 2. The van der Waals surface area contributed by atoms with E-state index in [0.29, 0.717) is 30.2 Å². The highest BCUT2D eigenvalue weighted by atomic mass is 19.4. The van der Waals surface area contributed by atoms with Crippen molar-refractivity contribution in [3.8, 4) is 17.2 Å². The summed E-state index contributed by atoms with van der Waals surface area (Å²) in [5.74, 6) is 0.727. The Kier molecular flexibility index (Phi) is 7.58. The lowest BCUT2D eigenvalue weighted by molar-refractivity contribution is -0.137. The van der Waals surface area contributed by atoms with Crippen molar-refractivity contribution >= 4 is 17.3 Å². The molecule has 2 aromatic carbocycles. The molecule has 2 rings (SSSR count). The summed E-state index contributed by atoms with van der Waals surface area (Å²) in [4.78, 5) is 12.3. The molecule has 0 saturated carbocycles. The van der Waals surface area contributed by atoms with Gasteiger partial charge < -0.3 is 24.8 Å². The lowest BCUT2D eigenvalue weighted by Crippen LogP contribution is -2.22. The minimum atomic E-state index is -4.50. The van der Waals surface area contributed by atoms with E-state index in [1.165, 1.54) is 20.3 Å². The Bertz CT molecular complexity index is 841. The minimum absolute atomic E-state index is 0.0881. The second-order valence-electron chi connectivity index (χ2n) is 6.03. The highest BCUT2D eigenvalue weighted by Crippen LogP contribution is 2.35. The summed E-state index contributed by atoms with van der Waals surface area (Å²) in [6.07, 6.45) is -3.81. The van der Waals surface area contributed by atoms with Crippen LogP contribution in [0.3, 0.4) is 0 Å². The number of hydrogen-bond donors (Lipinski definition) is 2. The number of alkyl halides is 3. The molecule has 0 spiro atoms. The number of carbonyl (C=O) groups excluding carboxylic acids is 1. The molecule has 0 heterocycles.